The Hall–Kier alpha value is -1.44. The van der Waals surface area contributed by atoms with Gasteiger partial charge in [-0.3, -0.25) is 4.79 Å². The Morgan fingerprint density at radius 2 is 2.43 bits per heavy atom. The van der Waals surface area contributed by atoms with Crippen LogP contribution in [0, 0.1) is 10.1 Å². The molecule has 1 unspecified atom stereocenters. The van der Waals surface area contributed by atoms with Gasteiger partial charge in [0.25, 0.3) is 0 Å². The van der Waals surface area contributed by atoms with Crippen molar-refractivity contribution in [2.45, 2.75) is 13.0 Å². The third-order valence-corrected chi connectivity index (χ3v) is 2.21. The van der Waals surface area contributed by atoms with Crippen molar-refractivity contribution < 1.29 is 9.72 Å². The average molecular weight is 263 g/mol. The van der Waals surface area contributed by atoms with Crippen molar-refractivity contribution >= 4 is 27.7 Å². The van der Waals surface area contributed by atoms with Crippen LogP contribution in [0.5, 0.6) is 0 Å². The molecule has 1 aromatic rings. The number of carbonyl (C=O) groups excluding carboxylic acids is 1. The van der Waals surface area contributed by atoms with E-state index in [2.05, 4.69) is 21.0 Å². The van der Waals surface area contributed by atoms with E-state index in [9.17, 15) is 14.9 Å². The first kappa shape index (κ1) is 10.6. The summed E-state index contributed by atoms with van der Waals surface area (Å²) in [6.45, 7) is 1.51. The Morgan fingerprint density at radius 1 is 1.86 bits per heavy atom. The van der Waals surface area contributed by atoms with E-state index in [1.807, 2.05) is 0 Å². The van der Waals surface area contributed by atoms with Gasteiger partial charge in [0, 0.05) is 0 Å². The van der Waals surface area contributed by atoms with Crippen molar-refractivity contribution in [3.63, 3.8) is 0 Å². The van der Waals surface area contributed by atoms with Crippen LogP contribution in [-0.4, -0.2) is 20.6 Å². The molecular formula is C6H7BrN4O3. The highest BCUT2D eigenvalue weighted by Gasteiger charge is 2.23. The number of nitrogens with two attached hydrogens (primary N) is 1. The molecule has 8 heteroatoms. The third kappa shape index (κ3) is 1.90. The molecule has 7 nitrogen and oxygen atoms in total. The van der Waals surface area contributed by atoms with Gasteiger partial charge in [-0.2, -0.15) is 4.68 Å². The normalized spacial score (nSPS) is 12.4. The molecule has 1 atom stereocenters. The van der Waals surface area contributed by atoms with Crippen molar-refractivity contribution in [2.24, 2.45) is 5.73 Å². The lowest BCUT2D eigenvalue weighted by Gasteiger charge is -2.01. The summed E-state index contributed by atoms with van der Waals surface area (Å²) in [5.74, 6) is -0.937. The maximum absolute atomic E-state index is 10.8. The number of primary amides is 1. The average Bonchev–Trinajstić information content (AvgIpc) is 2.45. The van der Waals surface area contributed by atoms with Gasteiger partial charge in [0.15, 0.2) is 0 Å². The Kier molecular flexibility index (Phi) is 2.84. The summed E-state index contributed by atoms with van der Waals surface area (Å²) in [4.78, 5) is 20.5. The monoisotopic (exact) mass is 262 g/mol. The van der Waals surface area contributed by atoms with E-state index in [-0.39, 0.29) is 10.3 Å². The van der Waals surface area contributed by atoms with Crippen LogP contribution in [-0.2, 0) is 4.79 Å². The molecule has 0 aliphatic heterocycles. The molecule has 0 fully saturated rings. The van der Waals surface area contributed by atoms with Gasteiger partial charge in [0.1, 0.15) is 10.5 Å². The van der Waals surface area contributed by atoms with E-state index in [0.717, 1.165) is 4.68 Å². The van der Waals surface area contributed by atoms with Crippen LogP contribution in [0.4, 0.5) is 5.82 Å². The van der Waals surface area contributed by atoms with Gasteiger partial charge >= 0.3 is 5.82 Å². The molecule has 76 valence electrons. The molecule has 0 radical (unpaired) electrons. The number of nitro groups is 1. The molecule has 1 aromatic heterocycles. The Bertz CT molecular complexity index is 388. The zero-order valence-electron chi connectivity index (χ0n) is 7.18. The van der Waals surface area contributed by atoms with Crippen LogP contribution >= 0.6 is 15.9 Å². The molecule has 0 aliphatic carbocycles. The molecule has 1 amide bonds. The summed E-state index contributed by atoms with van der Waals surface area (Å²) in [7, 11) is 0. The largest absolute Gasteiger partial charge is 0.404 e. The van der Waals surface area contributed by atoms with E-state index in [0.29, 0.717) is 0 Å². The number of rotatable bonds is 3. The minimum Gasteiger partial charge on any atom is -0.368 e. The number of hydrogen-bond donors (Lipinski definition) is 1. The highest BCUT2D eigenvalue weighted by molar-refractivity contribution is 9.10. The number of nitrogens with zero attached hydrogens (tertiary/aromatic N) is 3. The summed E-state index contributed by atoms with van der Waals surface area (Å²) in [6, 6.07) is -0.708. The fourth-order valence-electron chi connectivity index (χ4n) is 0.812. The summed E-state index contributed by atoms with van der Waals surface area (Å²) >= 11 is 2.96. The third-order valence-electron chi connectivity index (χ3n) is 1.65. The van der Waals surface area contributed by atoms with Gasteiger partial charge in [-0.1, -0.05) is 0 Å². The maximum atomic E-state index is 10.8. The molecule has 0 aliphatic rings. The van der Waals surface area contributed by atoms with Crippen LogP contribution in [0.1, 0.15) is 13.0 Å². The SMILES string of the molecule is CC(C(N)=O)n1cc(Br)c([N+](=O)[O-])n1. The van der Waals surface area contributed by atoms with Gasteiger partial charge < -0.3 is 15.8 Å². The van der Waals surface area contributed by atoms with Gasteiger partial charge in [-0.05, 0) is 27.8 Å². The van der Waals surface area contributed by atoms with Crippen molar-refractivity contribution in [3.05, 3.63) is 20.8 Å². The Labute approximate surface area is 87.2 Å². The summed E-state index contributed by atoms with van der Waals surface area (Å²) in [5.41, 5.74) is 5.02. The fourth-order valence-corrected chi connectivity index (χ4v) is 1.25. The Balaban J connectivity index is 3.08. The summed E-state index contributed by atoms with van der Waals surface area (Å²) < 4.78 is 1.36. The number of amides is 1. The molecule has 14 heavy (non-hydrogen) atoms. The molecule has 0 spiro atoms. The number of halogens is 1. The molecule has 0 saturated heterocycles. The first-order valence-electron chi connectivity index (χ1n) is 3.62. The number of aromatic nitrogens is 2. The second-order valence-corrected chi connectivity index (χ2v) is 3.47. The van der Waals surface area contributed by atoms with Gasteiger partial charge in [-0.15, -0.1) is 0 Å². The van der Waals surface area contributed by atoms with Crippen molar-refractivity contribution in [1.82, 2.24) is 9.78 Å². The fraction of sp³-hybridized carbons (Fsp3) is 0.333. The predicted molar refractivity (Wildman–Crippen MR) is 50.5 cm³/mol. The topological polar surface area (TPSA) is 104 Å². The predicted octanol–water partition coefficient (Wildman–Crippen LogP) is 0.600. The number of carbonyl (C=O) groups is 1. The van der Waals surface area contributed by atoms with E-state index in [1.165, 1.54) is 13.1 Å². The van der Waals surface area contributed by atoms with E-state index in [1.54, 1.807) is 0 Å². The summed E-state index contributed by atoms with van der Waals surface area (Å²) in [5, 5.41) is 14.0. The van der Waals surface area contributed by atoms with E-state index < -0.39 is 16.9 Å². The van der Waals surface area contributed by atoms with Crippen molar-refractivity contribution in [1.29, 1.82) is 0 Å². The van der Waals surface area contributed by atoms with Crippen LogP contribution in [0.25, 0.3) is 0 Å². The first-order chi connectivity index (χ1) is 6.43. The van der Waals surface area contributed by atoms with Gasteiger partial charge in [-0.25, -0.2) is 0 Å². The maximum Gasteiger partial charge on any atom is 0.404 e. The minimum atomic E-state index is -0.708. The zero-order chi connectivity index (χ0) is 10.9. The molecule has 0 bridgehead atoms. The molecule has 1 rings (SSSR count). The Morgan fingerprint density at radius 3 is 2.79 bits per heavy atom. The highest BCUT2D eigenvalue weighted by Crippen LogP contribution is 2.23. The quantitative estimate of drug-likeness (QED) is 0.636. The number of hydrogen-bond acceptors (Lipinski definition) is 4. The van der Waals surface area contributed by atoms with Crippen LogP contribution in [0.2, 0.25) is 0 Å². The zero-order valence-corrected chi connectivity index (χ0v) is 8.76. The lowest BCUT2D eigenvalue weighted by atomic mass is 10.3. The molecule has 0 saturated carbocycles. The second kappa shape index (κ2) is 3.74. The smallest absolute Gasteiger partial charge is 0.368 e. The van der Waals surface area contributed by atoms with E-state index >= 15 is 0 Å². The molecule has 2 N–H and O–H groups in total. The van der Waals surface area contributed by atoms with Crippen LogP contribution in [0.3, 0.4) is 0 Å². The minimum absolute atomic E-state index is 0.218. The van der Waals surface area contributed by atoms with Crippen LogP contribution in [0.15, 0.2) is 10.7 Å². The van der Waals surface area contributed by atoms with Crippen molar-refractivity contribution in [2.75, 3.05) is 0 Å². The highest BCUT2D eigenvalue weighted by atomic mass is 79.9. The molecule has 0 aromatic carbocycles. The first-order valence-corrected chi connectivity index (χ1v) is 4.41. The summed E-state index contributed by atoms with van der Waals surface area (Å²) in [6.07, 6.45) is 1.34. The molecule has 1 heterocycles. The standard InChI is InChI=1S/C6H7BrN4O3/c1-3(5(8)12)10-2-4(7)6(9-10)11(13)14/h2-3H,1H3,(H2,8,12). The molecular weight excluding hydrogens is 256 g/mol. The second-order valence-electron chi connectivity index (χ2n) is 2.62. The van der Waals surface area contributed by atoms with Crippen LogP contribution < -0.4 is 5.73 Å². The lowest BCUT2D eigenvalue weighted by molar-refractivity contribution is -0.390. The van der Waals surface area contributed by atoms with Gasteiger partial charge in [0.2, 0.25) is 5.91 Å². The lowest BCUT2D eigenvalue weighted by Crippen LogP contribution is -2.24. The van der Waals surface area contributed by atoms with Crippen molar-refractivity contribution in [3.8, 4) is 0 Å². The van der Waals surface area contributed by atoms with E-state index in [4.69, 9.17) is 5.73 Å². The van der Waals surface area contributed by atoms with Gasteiger partial charge in [0.05, 0.1) is 11.3 Å².